The molecule has 0 heterocycles. The Kier molecular flexibility index (Phi) is 1.06. The Bertz CT molecular complexity index is 240. The van der Waals surface area contributed by atoms with Crippen molar-refractivity contribution in [3.05, 3.63) is 11.3 Å². The standard InChI is InChI=1S/C9H16N2/c1-8-4-3-6(5-8)7(10)9(8,2)11/h3-5,10-11H2,1-2H3. The first-order chi connectivity index (χ1) is 4.97. The number of allylic oxidation sites excluding steroid dienone is 1. The van der Waals surface area contributed by atoms with Crippen LogP contribution >= 0.6 is 0 Å². The third-order valence-corrected chi connectivity index (χ3v) is 3.78. The van der Waals surface area contributed by atoms with Crippen LogP contribution in [-0.4, -0.2) is 5.54 Å². The lowest BCUT2D eigenvalue weighted by Crippen LogP contribution is -2.52. The summed E-state index contributed by atoms with van der Waals surface area (Å²) in [6.07, 6.45) is 3.52. The predicted molar refractivity (Wildman–Crippen MR) is 45.8 cm³/mol. The summed E-state index contributed by atoms with van der Waals surface area (Å²) in [6.45, 7) is 4.31. The molecule has 0 aromatic heterocycles. The van der Waals surface area contributed by atoms with Crippen molar-refractivity contribution in [2.45, 2.75) is 38.6 Å². The molecule has 0 aliphatic heterocycles. The van der Waals surface area contributed by atoms with Gasteiger partial charge in [0.1, 0.15) is 0 Å². The number of hydrogen-bond donors (Lipinski definition) is 2. The minimum atomic E-state index is -0.236. The fourth-order valence-electron chi connectivity index (χ4n) is 2.44. The number of rotatable bonds is 0. The number of fused-ring (bicyclic) bond motifs is 2. The normalized spacial score (nSPS) is 49.0. The Morgan fingerprint density at radius 2 is 2.00 bits per heavy atom. The van der Waals surface area contributed by atoms with E-state index in [-0.39, 0.29) is 11.0 Å². The molecule has 2 rings (SSSR count). The summed E-state index contributed by atoms with van der Waals surface area (Å²) in [4.78, 5) is 0. The molecular formula is C9H16N2. The highest BCUT2D eigenvalue weighted by molar-refractivity contribution is 5.38. The van der Waals surface area contributed by atoms with Crippen molar-refractivity contribution >= 4 is 0 Å². The summed E-state index contributed by atoms with van der Waals surface area (Å²) >= 11 is 0. The second kappa shape index (κ2) is 1.63. The van der Waals surface area contributed by atoms with Crippen LogP contribution < -0.4 is 11.5 Å². The first-order valence-corrected chi connectivity index (χ1v) is 4.24. The monoisotopic (exact) mass is 152 g/mol. The van der Waals surface area contributed by atoms with Crippen LogP contribution in [0.2, 0.25) is 0 Å². The topological polar surface area (TPSA) is 52.0 Å². The Morgan fingerprint density at radius 3 is 2.27 bits per heavy atom. The maximum Gasteiger partial charge on any atom is 0.0584 e. The minimum absolute atomic E-state index is 0.236. The molecule has 2 nitrogen and oxygen atoms in total. The minimum Gasteiger partial charge on any atom is -0.401 e. The van der Waals surface area contributed by atoms with Gasteiger partial charge in [0.2, 0.25) is 0 Å². The van der Waals surface area contributed by atoms with Gasteiger partial charge in [-0.15, -0.1) is 0 Å². The van der Waals surface area contributed by atoms with Gasteiger partial charge < -0.3 is 11.5 Å². The van der Waals surface area contributed by atoms with Crippen LogP contribution in [0.1, 0.15) is 33.1 Å². The van der Waals surface area contributed by atoms with E-state index in [2.05, 4.69) is 13.8 Å². The highest BCUT2D eigenvalue weighted by Crippen LogP contribution is 2.56. The molecule has 2 bridgehead atoms. The van der Waals surface area contributed by atoms with Crippen LogP contribution in [0, 0.1) is 5.41 Å². The average Bonchev–Trinajstić information content (AvgIpc) is 2.36. The SMILES string of the molecule is CC12CCC(=C(N)C1(C)N)C2. The van der Waals surface area contributed by atoms with Crippen LogP contribution in [0.3, 0.4) is 0 Å². The Labute approximate surface area is 67.6 Å². The molecule has 1 fully saturated rings. The van der Waals surface area contributed by atoms with E-state index in [1.165, 1.54) is 18.4 Å². The van der Waals surface area contributed by atoms with Crippen molar-refractivity contribution in [1.82, 2.24) is 0 Å². The summed E-state index contributed by atoms with van der Waals surface area (Å²) in [6, 6.07) is 0. The van der Waals surface area contributed by atoms with Crippen molar-refractivity contribution in [2.75, 3.05) is 0 Å². The van der Waals surface area contributed by atoms with Crippen molar-refractivity contribution in [3.63, 3.8) is 0 Å². The summed E-state index contributed by atoms with van der Waals surface area (Å²) < 4.78 is 0. The van der Waals surface area contributed by atoms with Crippen LogP contribution in [0.4, 0.5) is 0 Å². The highest BCUT2D eigenvalue weighted by atomic mass is 14.9. The van der Waals surface area contributed by atoms with Gasteiger partial charge in [0.05, 0.1) is 5.54 Å². The molecule has 2 aliphatic carbocycles. The van der Waals surface area contributed by atoms with Gasteiger partial charge in [-0.2, -0.15) is 0 Å². The fraction of sp³-hybridized carbons (Fsp3) is 0.778. The molecule has 2 heteroatoms. The zero-order chi connectivity index (χ0) is 8.28. The van der Waals surface area contributed by atoms with Gasteiger partial charge in [0.25, 0.3) is 0 Å². The van der Waals surface area contributed by atoms with E-state index in [0.717, 1.165) is 12.1 Å². The zero-order valence-electron chi connectivity index (χ0n) is 7.28. The Morgan fingerprint density at radius 1 is 1.36 bits per heavy atom. The zero-order valence-corrected chi connectivity index (χ0v) is 7.28. The van der Waals surface area contributed by atoms with Gasteiger partial charge in [-0.1, -0.05) is 6.92 Å². The summed E-state index contributed by atoms with van der Waals surface area (Å²) in [5.74, 6) is 0. The molecule has 0 aromatic rings. The average molecular weight is 152 g/mol. The molecule has 11 heavy (non-hydrogen) atoms. The maximum atomic E-state index is 6.16. The number of hydrogen-bond acceptors (Lipinski definition) is 2. The van der Waals surface area contributed by atoms with Crippen molar-refractivity contribution in [1.29, 1.82) is 0 Å². The van der Waals surface area contributed by atoms with Crippen LogP contribution in [0.15, 0.2) is 11.3 Å². The summed E-state index contributed by atoms with van der Waals surface area (Å²) in [7, 11) is 0. The Hall–Kier alpha value is -0.500. The molecule has 1 saturated carbocycles. The maximum absolute atomic E-state index is 6.16. The summed E-state index contributed by atoms with van der Waals surface area (Å²) in [5.41, 5.74) is 14.5. The molecule has 0 spiro atoms. The van der Waals surface area contributed by atoms with Crippen LogP contribution in [-0.2, 0) is 0 Å². The van der Waals surface area contributed by atoms with Gasteiger partial charge in [-0.05, 0) is 37.2 Å². The Balaban J connectivity index is 2.52. The quantitative estimate of drug-likeness (QED) is 0.546. The molecule has 2 unspecified atom stereocenters. The third-order valence-electron chi connectivity index (χ3n) is 3.78. The van der Waals surface area contributed by atoms with E-state index in [9.17, 15) is 0 Å². The smallest absolute Gasteiger partial charge is 0.0584 e. The first-order valence-electron chi connectivity index (χ1n) is 4.24. The number of nitrogens with two attached hydrogens (primary N) is 2. The van der Waals surface area contributed by atoms with E-state index in [1.54, 1.807) is 0 Å². The van der Waals surface area contributed by atoms with Crippen LogP contribution in [0.5, 0.6) is 0 Å². The predicted octanol–water partition coefficient (Wildman–Crippen LogP) is 1.12. The molecule has 0 saturated heterocycles. The van der Waals surface area contributed by atoms with Crippen molar-refractivity contribution < 1.29 is 0 Å². The van der Waals surface area contributed by atoms with E-state index < -0.39 is 0 Å². The summed E-state index contributed by atoms with van der Waals surface area (Å²) in [5, 5.41) is 0. The van der Waals surface area contributed by atoms with Crippen molar-refractivity contribution in [2.24, 2.45) is 16.9 Å². The van der Waals surface area contributed by atoms with Gasteiger partial charge in [-0.3, -0.25) is 0 Å². The lowest BCUT2D eigenvalue weighted by molar-refractivity contribution is 0.214. The molecule has 2 aliphatic rings. The second-order valence-corrected chi connectivity index (χ2v) is 4.46. The van der Waals surface area contributed by atoms with Crippen LogP contribution in [0.25, 0.3) is 0 Å². The van der Waals surface area contributed by atoms with E-state index in [1.807, 2.05) is 0 Å². The van der Waals surface area contributed by atoms with Gasteiger partial charge >= 0.3 is 0 Å². The second-order valence-electron chi connectivity index (χ2n) is 4.46. The molecule has 4 N–H and O–H groups in total. The van der Waals surface area contributed by atoms with E-state index >= 15 is 0 Å². The van der Waals surface area contributed by atoms with Gasteiger partial charge in [0, 0.05) is 5.70 Å². The van der Waals surface area contributed by atoms with Gasteiger partial charge in [0.15, 0.2) is 0 Å². The van der Waals surface area contributed by atoms with E-state index in [0.29, 0.717) is 0 Å². The van der Waals surface area contributed by atoms with Gasteiger partial charge in [-0.25, -0.2) is 0 Å². The largest absolute Gasteiger partial charge is 0.401 e. The molecule has 0 amide bonds. The fourth-order valence-corrected chi connectivity index (χ4v) is 2.44. The van der Waals surface area contributed by atoms with Crippen molar-refractivity contribution in [3.8, 4) is 0 Å². The lowest BCUT2D eigenvalue weighted by atomic mass is 9.72. The molecule has 2 atom stereocenters. The highest BCUT2D eigenvalue weighted by Gasteiger charge is 2.53. The molecular weight excluding hydrogens is 136 g/mol. The first kappa shape index (κ1) is 7.17. The molecule has 0 radical (unpaired) electrons. The van der Waals surface area contributed by atoms with E-state index in [4.69, 9.17) is 11.5 Å². The third kappa shape index (κ3) is 0.614. The molecule has 62 valence electrons. The molecule has 0 aromatic carbocycles. The lowest BCUT2D eigenvalue weighted by Gasteiger charge is -2.39.